The molecule has 0 aliphatic heterocycles. The molecule has 0 aliphatic rings. The first-order chi connectivity index (χ1) is 15.3. The lowest BCUT2D eigenvalue weighted by Crippen LogP contribution is -2.28. The van der Waals surface area contributed by atoms with Crippen LogP contribution in [0, 0.1) is 0 Å². The molecule has 2 rings (SSSR count). The first-order valence-corrected chi connectivity index (χ1v) is 15.6. The maximum absolute atomic E-state index is 11.2. The Hall–Kier alpha value is -1.58. The normalized spacial score (nSPS) is 13.4. The lowest BCUT2D eigenvalue weighted by atomic mass is 10.1. The number of aromatic hydroxyl groups is 1. The van der Waals surface area contributed by atoms with E-state index in [1.165, 1.54) is 0 Å². The molecule has 33 heavy (non-hydrogen) atoms. The molecule has 0 saturated heterocycles. The molecular weight excluding hydrogens is 511 g/mol. The number of hydrogen-bond acceptors (Lipinski definition) is 7. The molecule has 2 aromatic carbocycles. The van der Waals surface area contributed by atoms with E-state index < -0.39 is 34.8 Å². The van der Waals surface area contributed by atoms with E-state index in [2.05, 4.69) is 5.10 Å². The predicted octanol–water partition coefficient (Wildman–Crippen LogP) is 2.36. The standard InChI is InChI=1S/C18H26N3O8P3S/c1-20(19-12-16-2-6-17(22)7-3-16)30(33)29-18-8-4-15(5-9-18)10-11-21(13-31(23,24)25)14-32(26,27)28/h2-9,12,22,30H,10-11,13-14H2,1H3,(H2,23,24,25)(H2,26,27,28)/b19-12+. The molecule has 182 valence electrons. The Morgan fingerprint density at radius 2 is 1.55 bits per heavy atom. The monoisotopic (exact) mass is 537 g/mol. The van der Waals surface area contributed by atoms with Gasteiger partial charge in [0.15, 0.2) is 0 Å². The van der Waals surface area contributed by atoms with Crippen LogP contribution in [0.2, 0.25) is 0 Å². The molecule has 11 nitrogen and oxygen atoms in total. The van der Waals surface area contributed by atoms with E-state index in [9.17, 15) is 14.2 Å². The summed E-state index contributed by atoms with van der Waals surface area (Å²) in [6.45, 7) is 0.0568. The van der Waals surface area contributed by atoms with Crippen molar-refractivity contribution in [1.29, 1.82) is 0 Å². The van der Waals surface area contributed by atoms with Crippen LogP contribution in [-0.4, -0.2) is 66.7 Å². The van der Waals surface area contributed by atoms with E-state index in [-0.39, 0.29) is 12.3 Å². The summed E-state index contributed by atoms with van der Waals surface area (Å²) in [7, 11) is -9.12. The van der Waals surface area contributed by atoms with Gasteiger partial charge in [0.05, 0.1) is 6.21 Å². The fraction of sp³-hybridized carbons (Fsp3) is 0.278. The Kier molecular flexibility index (Phi) is 10.2. The van der Waals surface area contributed by atoms with Gasteiger partial charge in [-0.2, -0.15) is 5.10 Å². The van der Waals surface area contributed by atoms with Crippen molar-refractivity contribution < 1.29 is 38.3 Å². The van der Waals surface area contributed by atoms with Gasteiger partial charge >= 0.3 is 15.2 Å². The lowest BCUT2D eigenvalue weighted by molar-refractivity contribution is 0.279. The van der Waals surface area contributed by atoms with Gasteiger partial charge in [0.1, 0.15) is 24.1 Å². The molecule has 0 aromatic heterocycles. The van der Waals surface area contributed by atoms with Crippen LogP contribution in [0.15, 0.2) is 53.6 Å². The van der Waals surface area contributed by atoms with Crippen molar-refractivity contribution in [2.75, 3.05) is 26.2 Å². The van der Waals surface area contributed by atoms with Gasteiger partial charge in [0, 0.05) is 13.6 Å². The maximum Gasteiger partial charge on any atom is 0.339 e. The first kappa shape index (κ1) is 27.7. The van der Waals surface area contributed by atoms with E-state index in [1.807, 2.05) is 0 Å². The second-order valence-electron chi connectivity index (χ2n) is 7.13. The summed E-state index contributed by atoms with van der Waals surface area (Å²) < 4.78 is 29.8. The number of phenolic OH excluding ortho intramolecular Hbond substituents is 1. The van der Waals surface area contributed by atoms with Gasteiger partial charge in [-0.15, -0.1) is 0 Å². The molecule has 1 unspecified atom stereocenters. The van der Waals surface area contributed by atoms with Gasteiger partial charge in [-0.3, -0.25) is 14.0 Å². The van der Waals surface area contributed by atoms with Crippen LogP contribution in [0.4, 0.5) is 0 Å². The van der Waals surface area contributed by atoms with Gasteiger partial charge in [-0.05, 0) is 65.8 Å². The molecule has 0 heterocycles. The molecule has 0 aliphatic carbocycles. The summed E-state index contributed by atoms with van der Waals surface area (Å²) in [6.07, 6.45) is 0.447. The van der Waals surface area contributed by atoms with Gasteiger partial charge in [-0.1, -0.05) is 12.1 Å². The Balaban J connectivity index is 1.91. The van der Waals surface area contributed by atoms with E-state index in [4.69, 9.17) is 35.9 Å². The van der Waals surface area contributed by atoms with Crippen LogP contribution in [-0.2, 0) is 27.4 Å². The van der Waals surface area contributed by atoms with Crippen molar-refractivity contribution in [2.24, 2.45) is 5.10 Å². The number of rotatable bonds is 12. The number of benzene rings is 2. The van der Waals surface area contributed by atoms with Crippen LogP contribution >= 0.6 is 22.3 Å². The molecular formula is C18H26N3O8P3S. The molecule has 0 amide bonds. The zero-order valence-electron chi connectivity index (χ0n) is 17.6. The third kappa shape index (κ3) is 11.4. The third-order valence-electron chi connectivity index (χ3n) is 4.15. The zero-order chi connectivity index (χ0) is 24.6. The number of phenols is 1. The second-order valence-corrected chi connectivity index (χ2v) is 12.8. The average molecular weight is 537 g/mol. The van der Waals surface area contributed by atoms with Crippen molar-refractivity contribution in [2.45, 2.75) is 6.42 Å². The summed E-state index contributed by atoms with van der Waals surface area (Å²) in [4.78, 5) is 37.6. The number of nitrogens with zero attached hydrogens (tertiary/aromatic N) is 3. The Labute approximate surface area is 197 Å². The Morgan fingerprint density at radius 3 is 2.06 bits per heavy atom. The summed E-state index contributed by atoms with van der Waals surface area (Å²) in [5.41, 5.74) is 1.58. The van der Waals surface area contributed by atoms with Crippen molar-refractivity contribution in [3.63, 3.8) is 0 Å². The zero-order valence-corrected chi connectivity index (χ0v) is 21.2. The van der Waals surface area contributed by atoms with Crippen LogP contribution in [0.5, 0.6) is 11.5 Å². The van der Waals surface area contributed by atoms with Crippen LogP contribution in [0.1, 0.15) is 11.1 Å². The van der Waals surface area contributed by atoms with Crippen molar-refractivity contribution >= 4 is 40.3 Å². The highest BCUT2D eigenvalue weighted by molar-refractivity contribution is 8.02. The minimum Gasteiger partial charge on any atom is -0.508 e. The fourth-order valence-corrected chi connectivity index (χ4v) is 5.38. The molecule has 0 saturated carbocycles. The van der Waals surface area contributed by atoms with Gasteiger partial charge < -0.3 is 29.2 Å². The lowest BCUT2D eigenvalue weighted by Gasteiger charge is -2.23. The Morgan fingerprint density at radius 1 is 1.00 bits per heavy atom. The summed E-state index contributed by atoms with van der Waals surface area (Å²) in [5.74, 6) is 0.688. The van der Waals surface area contributed by atoms with Crippen LogP contribution in [0.3, 0.4) is 0 Å². The highest BCUT2D eigenvalue weighted by Crippen LogP contribution is 2.40. The topological polar surface area (TPSA) is 163 Å². The molecule has 2 aromatic rings. The molecule has 15 heteroatoms. The summed E-state index contributed by atoms with van der Waals surface area (Å²) in [6, 6.07) is 13.4. The largest absolute Gasteiger partial charge is 0.508 e. The molecule has 0 fully saturated rings. The summed E-state index contributed by atoms with van der Waals surface area (Å²) >= 11 is 5.39. The first-order valence-electron chi connectivity index (χ1n) is 9.50. The number of hydrogen-bond donors (Lipinski definition) is 5. The van der Waals surface area contributed by atoms with Crippen molar-refractivity contribution in [1.82, 2.24) is 9.68 Å². The van der Waals surface area contributed by atoms with Gasteiger partial charge in [0.25, 0.3) is 0 Å². The Bertz CT molecular complexity index is 1030. The predicted molar refractivity (Wildman–Crippen MR) is 130 cm³/mol. The smallest absolute Gasteiger partial charge is 0.339 e. The second kappa shape index (κ2) is 12.2. The SMILES string of the molecule is CN(/N=C/c1ccc(O)cc1)[PH](=S)Oc1ccc(CCN(CP(=O)(O)O)CP(=O)(O)O)cc1. The number of hydrazone groups is 1. The highest BCUT2D eigenvalue weighted by atomic mass is 32.4. The highest BCUT2D eigenvalue weighted by Gasteiger charge is 2.25. The van der Waals surface area contributed by atoms with Gasteiger partial charge in [-0.25, -0.2) is 4.78 Å². The molecule has 0 bridgehead atoms. The molecule has 5 N–H and O–H groups in total. The molecule has 0 radical (unpaired) electrons. The maximum atomic E-state index is 11.2. The van der Waals surface area contributed by atoms with Crippen molar-refractivity contribution in [3.8, 4) is 11.5 Å². The van der Waals surface area contributed by atoms with Crippen LogP contribution in [0.25, 0.3) is 0 Å². The summed E-state index contributed by atoms with van der Waals surface area (Å²) in [5, 5.41) is 13.6. The van der Waals surface area contributed by atoms with Crippen molar-refractivity contribution in [3.05, 3.63) is 59.7 Å². The van der Waals surface area contributed by atoms with E-state index in [0.717, 1.165) is 16.0 Å². The minimum atomic E-state index is -4.46. The average Bonchev–Trinajstić information content (AvgIpc) is 2.70. The molecule has 1 atom stereocenters. The van der Waals surface area contributed by atoms with Gasteiger partial charge in [0.2, 0.25) is 7.07 Å². The molecule has 0 spiro atoms. The minimum absolute atomic E-state index is 0.0568. The fourth-order valence-electron chi connectivity index (χ4n) is 2.65. The van der Waals surface area contributed by atoms with Crippen LogP contribution < -0.4 is 4.52 Å². The quantitative estimate of drug-likeness (QED) is 0.153. The third-order valence-corrected chi connectivity index (χ3v) is 7.78. The van der Waals surface area contributed by atoms with E-state index >= 15 is 0 Å². The van der Waals surface area contributed by atoms with E-state index in [1.54, 1.807) is 66.6 Å². The van der Waals surface area contributed by atoms with E-state index in [0.29, 0.717) is 12.2 Å².